The summed E-state index contributed by atoms with van der Waals surface area (Å²) in [5, 5.41) is 18.4. The number of fused-ring (bicyclic) bond motifs is 2. The highest BCUT2D eigenvalue weighted by Crippen LogP contribution is 2.57. The van der Waals surface area contributed by atoms with Gasteiger partial charge in [0, 0.05) is 27.8 Å². The lowest BCUT2D eigenvalue weighted by molar-refractivity contribution is -0.122. The van der Waals surface area contributed by atoms with Crippen LogP contribution in [0.2, 0.25) is 5.02 Å². The molecule has 0 aromatic heterocycles. The molecule has 2 heterocycles. The minimum absolute atomic E-state index is 0.0809. The van der Waals surface area contributed by atoms with Crippen molar-refractivity contribution in [2.75, 3.05) is 10.6 Å². The Kier molecular flexibility index (Phi) is 7.04. The van der Waals surface area contributed by atoms with Crippen LogP contribution in [0.5, 0.6) is 0 Å². The molecule has 3 aromatic carbocycles. The number of nitrogens with one attached hydrogen (secondary N) is 3. The molecule has 1 saturated heterocycles. The van der Waals surface area contributed by atoms with Crippen LogP contribution in [-0.4, -0.2) is 23.9 Å². The lowest BCUT2D eigenvalue weighted by atomic mass is 9.62. The van der Waals surface area contributed by atoms with Crippen molar-refractivity contribution in [2.45, 2.75) is 50.6 Å². The first kappa shape index (κ1) is 27.3. The molecule has 2 aliphatic heterocycles. The Hall–Kier alpha value is -3.25. The summed E-state index contributed by atoms with van der Waals surface area (Å²) in [6.45, 7) is 6.20. The van der Waals surface area contributed by atoms with Crippen LogP contribution in [0.15, 0.2) is 65.1 Å². The largest absolute Gasteiger partial charge is 0.325 e. The van der Waals surface area contributed by atoms with E-state index in [1.807, 2.05) is 18.2 Å². The van der Waals surface area contributed by atoms with Gasteiger partial charge in [0.15, 0.2) is 0 Å². The molecular formula is C30H27BrClFN4O2. The van der Waals surface area contributed by atoms with Gasteiger partial charge in [-0.05, 0) is 65.4 Å². The van der Waals surface area contributed by atoms with E-state index < -0.39 is 35.1 Å². The summed E-state index contributed by atoms with van der Waals surface area (Å²) in [6, 6.07) is 17.3. The Labute approximate surface area is 240 Å². The number of anilines is 2. The molecule has 39 heavy (non-hydrogen) atoms. The van der Waals surface area contributed by atoms with Crippen molar-refractivity contribution in [1.29, 1.82) is 5.26 Å². The highest BCUT2D eigenvalue weighted by molar-refractivity contribution is 9.10. The molecule has 3 N–H and O–H groups in total. The van der Waals surface area contributed by atoms with Crippen LogP contribution in [0.4, 0.5) is 15.8 Å². The molecule has 1 spiro atoms. The molecule has 0 bridgehead atoms. The van der Waals surface area contributed by atoms with Crippen molar-refractivity contribution >= 4 is 50.7 Å². The summed E-state index contributed by atoms with van der Waals surface area (Å²) >= 11 is 9.72. The van der Waals surface area contributed by atoms with E-state index in [-0.39, 0.29) is 21.9 Å². The summed E-state index contributed by atoms with van der Waals surface area (Å²) in [7, 11) is 0. The number of nitriles is 1. The smallest absolute Gasteiger partial charge is 0.242 e. The number of hydrogen-bond acceptors (Lipinski definition) is 4. The molecule has 0 aliphatic carbocycles. The molecule has 200 valence electrons. The van der Waals surface area contributed by atoms with Crippen molar-refractivity contribution in [2.24, 2.45) is 5.41 Å². The maximum Gasteiger partial charge on any atom is 0.242 e. The molecule has 5 rings (SSSR count). The van der Waals surface area contributed by atoms with Gasteiger partial charge in [-0.1, -0.05) is 66.5 Å². The van der Waals surface area contributed by atoms with Gasteiger partial charge in [-0.25, -0.2) is 4.39 Å². The van der Waals surface area contributed by atoms with Crippen LogP contribution >= 0.6 is 27.5 Å². The first-order valence-corrected chi connectivity index (χ1v) is 13.8. The first-order chi connectivity index (χ1) is 18.5. The summed E-state index contributed by atoms with van der Waals surface area (Å²) in [6.07, 6.45) is 0.537. The van der Waals surface area contributed by atoms with E-state index in [2.05, 4.69) is 58.7 Å². The molecule has 3 aromatic rings. The second-order valence-corrected chi connectivity index (χ2v) is 12.6. The summed E-state index contributed by atoms with van der Waals surface area (Å²) in [5.41, 5.74) is 0.948. The van der Waals surface area contributed by atoms with Gasteiger partial charge in [0.2, 0.25) is 11.8 Å². The van der Waals surface area contributed by atoms with Gasteiger partial charge >= 0.3 is 0 Å². The third-order valence-electron chi connectivity index (χ3n) is 7.50. The predicted molar refractivity (Wildman–Crippen MR) is 153 cm³/mol. The maximum absolute atomic E-state index is 15.8. The Morgan fingerprint density at radius 2 is 1.90 bits per heavy atom. The van der Waals surface area contributed by atoms with Crippen LogP contribution in [-0.2, 0) is 15.0 Å². The predicted octanol–water partition coefficient (Wildman–Crippen LogP) is 6.50. The quantitative estimate of drug-likeness (QED) is 0.315. The monoisotopic (exact) mass is 608 g/mol. The van der Waals surface area contributed by atoms with Crippen molar-refractivity contribution in [3.05, 3.63) is 92.7 Å². The van der Waals surface area contributed by atoms with E-state index in [0.717, 1.165) is 4.47 Å². The second-order valence-electron chi connectivity index (χ2n) is 11.3. The lowest BCUT2D eigenvalue weighted by Crippen LogP contribution is -2.49. The molecular weight excluding hydrogens is 583 g/mol. The summed E-state index contributed by atoms with van der Waals surface area (Å²) in [5.74, 6) is -2.28. The standard InChI is InChI=1S/C30H27BrClFN4O2/c1-29(2,3)14-23-30(20-12-9-17(31)13-22(20)36-28(30)39)24(19-5-4-6-21(32)25(19)33)26(37-23)27(38)35-18-10-7-16(15-34)8-11-18/h4-13,23-24,26,37H,14H2,1-3H3,(H,35,38)(H,36,39). The van der Waals surface area contributed by atoms with Crippen LogP contribution in [0.25, 0.3) is 0 Å². The number of rotatable bonds is 4. The van der Waals surface area contributed by atoms with Crippen molar-refractivity contribution in [1.82, 2.24) is 5.32 Å². The maximum atomic E-state index is 15.8. The highest BCUT2D eigenvalue weighted by Gasteiger charge is 2.66. The first-order valence-electron chi connectivity index (χ1n) is 12.6. The third-order valence-corrected chi connectivity index (χ3v) is 8.29. The molecule has 1 fully saturated rings. The zero-order valence-electron chi connectivity index (χ0n) is 21.6. The van der Waals surface area contributed by atoms with Gasteiger partial charge in [0.1, 0.15) is 11.2 Å². The zero-order valence-corrected chi connectivity index (χ0v) is 24.0. The van der Waals surface area contributed by atoms with Crippen LogP contribution in [0, 0.1) is 22.6 Å². The van der Waals surface area contributed by atoms with E-state index in [1.165, 1.54) is 6.07 Å². The Bertz CT molecular complexity index is 1510. The van der Waals surface area contributed by atoms with Crippen molar-refractivity contribution < 1.29 is 14.0 Å². The number of nitrogens with zero attached hydrogens (tertiary/aromatic N) is 1. The van der Waals surface area contributed by atoms with Gasteiger partial charge in [-0.3, -0.25) is 9.59 Å². The Morgan fingerprint density at radius 1 is 1.18 bits per heavy atom. The van der Waals surface area contributed by atoms with Crippen molar-refractivity contribution in [3.63, 3.8) is 0 Å². The lowest BCUT2D eigenvalue weighted by Gasteiger charge is -2.37. The van der Waals surface area contributed by atoms with E-state index in [4.69, 9.17) is 16.9 Å². The normalized spacial score (nSPS) is 23.8. The molecule has 0 saturated carbocycles. The zero-order chi connectivity index (χ0) is 28.1. The van der Waals surface area contributed by atoms with Crippen LogP contribution < -0.4 is 16.0 Å². The molecule has 4 unspecified atom stereocenters. The fourth-order valence-corrected chi connectivity index (χ4v) is 6.54. The Balaban J connectivity index is 1.71. The molecule has 0 radical (unpaired) electrons. The molecule has 6 nitrogen and oxygen atoms in total. The van der Waals surface area contributed by atoms with E-state index in [0.29, 0.717) is 28.9 Å². The second kappa shape index (κ2) is 10.1. The molecule has 2 amide bonds. The van der Waals surface area contributed by atoms with E-state index in [9.17, 15) is 9.59 Å². The number of benzene rings is 3. The summed E-state index contributed by atoms with van der Waals surface area (Å²) < 4.78 is 16.6. The molecule has 4 atom stereocenters. The highest BCUT2D eigenvalue weighted by atomic mass is 79.9. The van der Waals surface area contributed by atoms with Gasteiger partial charge in [0.05, 0.1) is 22.7 Å². The number of carbonyl (C=O) groups is 2. The SMILES string of the molecule is CC(C)(C)CC1NC(C(=O)Nc2ccc(C#N)cc2)C(c2cccc(Cl)c2F)C12C(=O)Nc1cc(Br)ccc12. The fourth-order valence-electron chi connectivity index (χ4n) is 6.00. The van der Waals surface area contributed by atoms with Gasteiger partial charge in [-0.15, -0.1) is 0 Å². The van der Waals surface area contributed by atoms with Crippen LogP contribution in [0.3, 0.4) is 0 Å². The average Bonchev–Trinajstić information content (AvgIpc) is 3.35. The van der Waals surface area contributed by atoms with E-state index in [1.54, 1.807) is 36.4 Å². The molecule has 2 aliphatic rings. The van der Waals surface area contributed by atoms with Crippen molar-refractivity contribution in [3.8, 4) is 6.07 Å². The van der Waals surface area contributed by atoms with Crippen LogP contribution in [0.1, 0.15) is 49.8 Å². The number of amides is 2. The average molecular weight is 610 g/mol. The minimum atomic E-state index is -1.29. The number of hydrogen-bond donors (Lipinski definition) is 3. The molecule has 9 heteroatoms. The topological polar surface area (TPSA) is 94.0 Å². The Morgan fingerprint density at radius 3 is 2.56 bits per heavy atom. The van der Waals surface area contributed by atoms with Gasteiger partial charge in [-0.2, -0.15) is 5.26 Å². The number of carbonyl (C=O) groups excluding carboxylic acids is 2. The van der Waals surface area contributed by atoms with Gasteiger partial charge < -0.3 is 16.0 Å². The fraction of sp³-hybridized carbons (Fsp3) is 0.300. The number of halogens is 3. The van der Waals surface area contributed by atoms with Gasteiger partial charge in [0.25, 0.3) is 0 Å². The third kappa shape index (κ3) is 4.73. The van der Waals surface area contributed by atoms with E-state index >= 15 is 4.39 Å². The summed E-state index contributed by atoms with van der Waals surface area (Å²) in [4.78, 5) is 28.1. The minimum Gasteiger partial charge on any atom is -0.325 e.